The smallest absolute Gasteiger partial charge is 0.375 e. The second kappa shape index (κ2) is 14.9. The number of unbranched alkanes of at least 4 members (excludes halogenated alkanes) is 6. The molecule has 0 spiro atoms. The zero-order chi connectivity index (χ0) is 22.4. The van der Waals surface area contributed by atoms with E-state index in [9.17, 15) is 13.5 Å². The predicted molar refractivity (Wildman–Crippen MR) is 109 cm³/mol. The first-order valence-electron chi connectivity index (χ1n) is 10.6. The van der Waals surface area contributed by atoms with Crippen LogP contribution in [0.4, 0.5) is 0 Å². The van der Waals surface area contributed by atoms with Gasteiger partial charge >= 0.3 is 10.4 Å². The Morgan fingerprint density at radius 1 is 1.00 bits per heavy atom. The molecule has 1 aliphatic heterocycles. The molecule has 0 unspecified atom stereocenters. The van der Waals surface area contributed by atoms with Gasteiger partial charge in [-0.1, -0.05) is 57.5 Å². The lowest BCUT2D eigenvalue weighted by Gasteiger charge is -2.43. The van der Waals surface area contributed by atoms with Crippen molar-refractivity contribution in [2.45, 2.75) is 95.9 Å². The highest BCUT2D eigenvalue weighted by atomic mass is 32.3. The molecule has 2 N–H and O–H groups in total. The number of hydrogen-bond acceptors (Lipinski definition) is 8. The zero-order valence-electron chi connectivity index (χ0n) is 17.8. The Bertz CT molecular complexity index is 615. The molecule has 0 radical (unpaired) electrons. The Kier molecular flexibility index (Phi) is 13.5. The summed E-state index contributed by atoms with van der Waals surface area (Å²) >= 11 is 0. The van der Waals surface area contributed by atoms with E-state index in [4.69, 9.17) is 24.3 Å². The molecule has 1 saturated heterocycles. The van der Waals surface area contributed by atoms with Crippen LogP contribution in [0.3, 0.4) is 0 Å². The molecule has 176 valence electrons. The van der Waals surface area contributed by atoms with E-state index in [2.05, 4.69) is 28.1 Å². The highest BCUT2D eigenvalue weighted by Crippen LogP contribution is 2.28. The first kappa shape index (κ1) is 27.1. The third-order valence-corrected chi connectivity index (χ3v) is 5.25. The van der Waals surface area contributed by atoms with Gasteiger partial charge in [-0.05, 0) is 18.4 Å². The summed E-state index contributed by atoms with van der Waals surface area (Å²) in [6.45, 7) is 4.32. The Balaban J connectivity index is 2.92. The van der Waals surface area contributed by atoms with Crippen LogP contribution in [-0.2, 0) is 28.8 Å². The summed E-state index contributed by atoms with van der Waals surface area (Å²) in [7, 11) is -4.71. The van der Waals surface area contributed by atoms with Crippen molar-refractivity contribution in [3.63, 3.8) is 0 Å². The average Bonchev–Trinajstić information content (AvgIpc) is 2.69. The van der Waals surface area contributed by atoms with Crippen molar-refractivity contribution < 1.29 is 36.5 Å². The van der Waals surface area contributed by atoms with Gasteiger partial charge in [-0.3, -0.25) is 4.55 Å². The summed E-state index contributed by atoms with van der Waals surface area (Å²) in [6.07, 6.45) is 3.43. The van der Waals surface area contributed by atoms with Crippen molar-refractivity contribution in [2.75, 3.05) is 19.8 Å². The van der Waals surface area contributed by atoms with Crippen molar-refractivity contribution >= 4 is 10.4 Å². The van der Waals surface area contributed by atoms with Crippen LogP contribution in [0.1, 0.15) is 65.2 Å². The number of ether oxygens (including phenoxy) is 3. The molecule has 0 aromatic heterocycles. The molecule has 0 aromatic carbocycles. The van der Waals surface area contributed by atoms with E-state index in [0.29, 0.717) is 13.2 Å². The Labute approximate surface area is 178 Å². The van der Waals surface area contributed by atoms with Crippen LogP contribution in [-0.4, -0.2) is 68.5 Å². The summed E-state index contributed by atoms with van der Waals surface area (Å²) in [4.78, 5) is 2.77. The Morgan fingerprint density at radius 2 is 1.57 bits per heavy atom. The van der Waals surface area contributed by atoms with E-state index >= 15 is 0 Å². The van der Waals surface area contributed by atoms with Crippen LogP contribution >= 0.6 is 0 Å². The highest BCUT2D eigenvalue weighted by Gasteiger charge is 2.47. The van der Waals surface area contributed by atoms with Gasteiger partial charge in [0.1, 0.15) is 18.2 Å². The summed E-state index contributed by atoms with van der Waals surface area (Å²) in [5, 5.41) is 13.9. The highest BCUT2D eigenvalue weighted by molar-refractivity contribution is 7.80. The van der Waals surface area contributed by atoms with Gasteiger partial charge in [-0.25, -0.2) is 4.18 Å². The van der Waals surface area contributed by atoms with Crippen LogP contribution in [0, 0.1) is 0 Å². The summed E-state index contributed by atoms with van der Waals surface area (Å²) in [5.41, 5.74) is 8.89. The third kappa shape index (κ3) is 10.4. The summed E-state index contributed by atoms with van der Waals surface area (Å²) in [6, 6.07) is -1.07. The maximum atomic E-state index is 11.0. The predicted octanol–water partition coefficient (Wildman–Crippen LogP) is 3.13. The van der Waals surface area contributed by atoms with E-state index in [1.54, 1.807) is 0 Å². The minimum Gasteiger partial charge on any atom is -0.375 e. The second-order valence-corrected chi connectivity index (χ2v) is 8.36. The van der Waals surface area contributed by atoms with E-state index in [0.717, 1.165) is 51.4 Å². The Hall–Kier alpha value is -0.980. The summed E-state index contributed by atoms with van der Waals surface area (Å²) in [5.74, 6) is 0. The van der Waals surface area contributed by atoms with Gasteiger partial charge in [0.2, 0.25) is 0 Å². The molecule has 1 rings (SSSR count). The van der Waals surface area contributed by atoms with Crippen LogP contribution in [0.25, 0.3) is 10.4 Å². The maximum Gasteiger partial charge on any atom is 0.397 e. The number of aliphatic hydroxyl groups is 1. The van der Waals surface area contributed by atoms with Crippen LogP contribution in [0.15, 0.2) is 5.11 Å². The van der Waals surface area contributed by atoms with Gasteiger partial charge in [-0.15, -0.1) is 0 Å². The molecule has 1 heterocycles. The number of hydrogen-bond donors (Lipinski definition) is 2. The minimum absolute atomic E-state index is 0.352. The second-order valence-electron chi connectivity index (χ2n) is 7.26. The van der Waals surface area contributed by atoms with Gasteiger partial charge in [-0.2, -0.15) is 8.42 Å². The third-order valence-electron chi connectivity index (χ3n) is 4.82. The fourth-order valence-corrected chi connectivity index (χ4v) is 3.57. The van der Waals surface area contributed by atoms with Crippen molar-refractivity contribution in [2.24, 2.45) is 5.11 Å². The average molecular weight is 454 g/mol. The molecule has 5 atom stereocenters. The maximum absolute atomic E-state index is 11.0. The fraction of sp³-hybridized carbons (Fsp3) is 1.00. The topological polar surface area (TPSA) is 160 Å². The molecule has 0 bridgehead atoms. The molecular formula is C18H35N3O8S. The lowest BCUT2D eigenvalue weighted by atomic mass is 9.97. The van der Waals surface area contributed by atoms with Crippen LogP contribution < -0.4 is 0 Å². The SMILES string of the molecule is CCCCCCO[C@@H]1[C@@H](N=[N+]=[N-])[C@@H](O)O[C@H](COS(=O)(=O)O)[C@H]1OCCCCCC. The quantitative estimate of drug-likeness (QED) is 0.118. The fourth-order valence-electron chi connectivity index (χ4n) is 3.27. The molecule has 0 aromatic rings. The van der Waals surface area contributed by atoms with Gasteiger partial charge in [0.25, 0.3) is 0 Å². The van der Waals surface area contributed by atoms with Crippen LogP contribution in [0.5, 0.6) is 0 Å². The molecule has 11 nitrogen and oxygen atoms in total. The molecule has 0 aliphatic carbocycles. The Morgan fingerprint density at radius 3 is 2.07 bits per heavy atom. The van der Waals surface area contributed by atoms with Gasteiger partial charge in [0, 0.05) is 18.1 Å². The molecule has 0 saturated carbocycles. The zero-order valence-corrected chi connectivity index (χ0v) is 18.6. The molecule has 1 fully saturated rings. The van der Waals surface area contributed by atoms with Gasteiger partial charge < -0.3 is 19.3 Å². The molecular weight excluding hydrogens is 418 g/mol. The van der Waals surface area contributed by atoms with Crippen molar-refractivity contribution in [3.8, 4) is 0 Å². The van der Waals surface area contributed by atoms with E-state index in [1.807, 2.05) is 0 Å². The standard InChI is InChI=1S/C18H35N3O8S/c1-3-5-7-9-11-26-16-14(13-28-30(23,24)25)29-18(22)15(20-21-19)17(16)27-12-10-8-6-4-2/h14-18,22H,3-13H2,1-2H3,(H,23,24,25)/t14-,15-,16-,17-,18+/m1/s1. The van der Waals surface area contributed by atoms with E-state index < -0.39 is 47.6 Å². The first-order valence-corrected chi connectivity index (χ1v) is 11.9. The molecule has 30 heavy (non-hydrogen) atoms. The van der Waals surface area contributed by atoms with E-state index in [-0.39, 0.29) is 0 Å². The van der Waals surface area contributed by atoms with Crippen molar-refractivity contribution in [1.29, 1.82) is 0 Å². The van der Waals surface area contributed by atoms with Gasteiger partial charge in [0.05, 0.1) is 12.7 Å². The van der Waals surface area contributed by atoms with Gasteiger partial charge in [0.15, 0.2) is 6.29 Å². The molecule has 1 aliphatic rings. The molecule has 0 amide bonds. The molecule has 12 heteroatoms. The van der Waals surface area contributed by atoms with Crippen molar-refractivity contribution in [1.82, 2.24) is 0 Å². The summed E-state index contributed by atoms with van der Waals surface area (Å²) < 4.78 is 52.6. The number of aliphatic hydroxyl groups excluding tert-OH is 1. The lowest BCUT2D eigenvalue weighted by Crippen LogP contribution is -2.60. The normalized spacial score (nSPS) is 27.0. The number of nitrogens with zero attached hydrogens (tertiary/aromatic N) is 3. The van der Waals surface area contributed by atoms with E-state index in [1.165, 1.54) is 0 Å². The minimum atomic E-state index is -4.71. The van der Waals surface area contributed by atoms with Crippen molar-refractivity contribution in [3.05, 3.63) is 10.4 Å². The largest absolute Gasteiger partial charge is 0.397 e. The number of rotatable bonds is 16. The number of azide groups is 1. The monoisotopic (exact) mass is 453 g/mol. The lowest BCUT2D eigenvalue weighted by molar-refractivity contribution is -0.265. The first-order chi connectivity index (χ1) is 14.3. The van der Waals surface area contributed by atoms with Crippen LogP contribution in [0.2, 0.25) is 0 Å².